The molecule has 0 fully saturated rings. The molecule has 2 unspecified atom stereocenters. The Labute approximate surface area is 737 Å². The number of alkyl halides is 2. The SMILES string of the molecule is C=CCc1cc2ccc3c4c2c2c1[C@@H]1[C@H](OC(=O)CBr)C=C5CCCCCCC6=CC(OC(=O)CBr)[C@@]78C(=C3)Cc3cc9cccc%10c9c(c37)C(=C2[C@]648)[C@]5%101.C=CCc1cc2ccc3c4c2c2c1[C@@H]1[C@H](OC(=O)CN(C)CCCN(C)C)C=C5CCCCCCC6=CC(OC(=O)C[N+](C)(C)CCCN(C)C)[C@@]78C(=C3)Cc3cc9cccc%10c9c(c37)C(=C2[C@]648)[C@]5%101. The van der Waals surface area contributed by atoms with Gasteiger partial charge in [-0.05, 0) is 333 Å². The van der Waals surface area contributed by atoms with Gasteiger partial charge in [0.2, 0.25) is 0 Å². The van der Waals surface area contributed by atoms with E-state index in [0.29, 0.717) is 11.0 Å². The minimum absolute atomic E-state index is 0.113. The molecule has 14 heteroatoms. The Morgan fingerprint density at radius 1 is 0.472 bits per heavy atom. The van der Waals surface area contributed by atoms with Gasteiger partial charge in [-0.1, -0.05) is 189 Å². The van der Waals surface area contributed by atoms with Gasteiger partial charge in [0.1, 0.15) is 35.1 Å². The molecule has 0 radical (unpaired) electrons. The lowest BCUT2D eigenvalue weighted by Crippen LogP contribution is -2.58. The van der Waals surface area contributed by atoms with E-state index in [0.717, 1.165) is 142 Å². The number of rotatable bonds is 22. The van der Waals surface area contributed by atoms with E-state index in [4.69, 9.17) is 18.9 Å². The molecule has 0 saturated carbocycles. The minimum Gasteiger partial charge on any atom is -0.457 e. The second-order valence-corrected chi connectivity index (χ2v) is 41.7. The first-order valence-electron chi connectivity index (χ1n) is 45.9. The van der Waals surface area contributed by atoms with Crippen molar-refractivity contribution in [3.8, 4) is 0 Å². The summed E-state index contributed by atoms with van der Waals surface area (Å²) in [6, 6.07) is 33.5. The normalized spacial score (nSPS) is 29.3. The Bertz CT molecular complexity index is 6670. The van der Waals surface area contributed by atoms with Gasteiger partial charge >= 0.3 is 23.9 Å². The number of esters is 4. The van der Waals surface area contributed by atoms with Gasteiger partial charge in [-0.2, -0.15) is 0 Å². The molecule has 12 atom stereocenters. The van der Waals surface area contributed by atoms with Gasteiger partial charge in [-0.25, -0.2) is 4.79 Å². The molecule has 0 saturated heterocycles. The van der Waals surface area contributed by atoms with Crippen molar-refractivity contribution in [1.29, 1.82) is 0 Å². The van der Waals surface area contributed by atoms with E-state index in [2.05, 4.69) is 237 Å². The standard InChI is InChI=1S/C61H69N4O4.C48H36Br2O4/c1-9-17-36-28-38-22-23-39-30-43-31-40-29-37-18-14-21-44-49(37)53-55(40)60(43)46(69-48(67)35-65(7,8)27-16-25-63(4)5)33-42-20-13-11-10-12-19-41-32-45(68-47(66)34-64(6)26-15-24-62(2)3)56-51(36)52-50(38)54(39)61(42,60)58(52)57(53)59(41,44)56;1-2-8-23-15-25-13-14-26-17-30-18-27-16-24-9-7-12-31-36(24)40-42(27)47(30)33(54-35(52)22-50)20-29-11-6-4-3-5-10-28-19-32(53-34(51)21-49)43-38(23)39-37(25)41(26)48(29,47)45(39)44(40)46(28,31)43/h9,14,18,21-23,28-30,32-33,45-46,56H,1,10-13,15-17,19-20,24-27,31,34-35H2,2-8H3;2,7,9,12-17,19-20,32-33,43H,1,3-6,8,10-11,18,21-22H2/q+1;/t45-,46?,56+,59-,60+,61+;32-,33?,43+,46-,47+,48+/m11/s1. The molecular formula is C109H105Br2N4O8+. The van der Waals surface area contributed by atoms with Crippen molar-refractivity contribution in [3.63, 3.8) is 0 Å². The molecule has 8 bridgehead atoms. The molecule has 622 valence electrons. The predicted molar refractivity (Wildman–Crippen MR) is 497 cm³/mol. The predicted octanol–water partition coefficient (Wildman–Crippen LogP) is 19.7. The maximum atomic E-state index is 14.9. The topological polar surface area (TPSA) is 115 Å². The first-order valence-corrected chi connectivity index (χ1v) is 48.1. The maximum Gasteiger partial charge on any atom is 0.362 e. The van der Waals surface area contributed by atoms with E-state index in [1.807, 2.05) is 6.08 Å². The second kappa shape index (κ2) is 26.3. The Morgan fingerprint density at radius 3 is 1.39 bits per heavy atom. The molecule has 0 aromatic heterocycles. The summed E-state index contributed by atoms with van der Waals surface area (Å²) >= 11 is 6.93. The number of fused-ring (bicyclic) bond motifs is 2. The number of ether oxygens (including phenoxy) is 4. The highest BCUT2D eigenvalue weighted by atomic mass is 79.9. The summed E-state index contributed by atoms with van der Waals surface area (Å²) in [7, 11) is 14.9. The van der Waals surface area contributed by atoms with Crippen LogP contribution in [0.1, 0.15) is 202 Å². The van der Waals surface area contributed by atoms with Crippen LogP contribution in [0, 0.1) is 0 Å². The van der Waals surface area contributed by atoms with Crippen LogP contribution in [-0.4, -0.2) is 167 Å². The Balaban J connectivity index is 0.000000139. The second-order valence-electron chi connectivity index (χ2n) is 40.6. The van der Waals surface area contributed by atoms with Crippen LogP contribution >= 0.6 is 31.9 Å². The van der Waals surface area contributed by atoms with Crippen molar-refractivity contribution in [2.24, 2.45) is 0 Å². The molecule has 8 aromatic carbocycles. The van der Waals surface area contributed by atoms with Crippen LogP contribution in [0.25, 0.3) is 77.5 Å². The summed E-state index contributed by atoms with van der Waals surface area (Å²) in [6.45, 7) is 12.9. The third-order valence-electron chi connectivity index (χ3n) is 33.7. The Morgan fingerprint density at radius 2 is 0.919 bits per heavy atom. The molecule has 18 aliphatic rings. The first kappa shape index (κ1) is 76.3. The quantitative estimate of drug-likeness (QED) is 0.0212. The van der Waals surface area contributed by atoms with E-state index in [-0.39, 0.29) is 52.9 Å². The fourth-order valence-corrected chi connectivity index (χ4v) is 31.0. The smallest absolute Gasteiger partial charge is 0.362 e. The van der Waals surface area contributed by atoms with E-state index < -0.39 is 56.9 Å². The van der Waals surface area contributed by atoms with Gasteiger partial charge in [-0.15, -0.1) is 13.2 Å². The zero-order valence-electron chi connectivity index (χ0n) is 71.8. The van der Waals surface area contributed by atoms with Gasteiger partial charge in [0, 0.05) is 24.8 Å². The largest absolute Gasteiger partial charge is 0.457 e. The molecule has 0 N–H and O–H groups in total. The molecule has 0 amide bonds. The molecule has 123 heavy (non-hydrogen) atoms. The third-order valence-corrected chi connectivity index (χ3v) is 34.6. The van der Waals surface area contributed by atoms with Gasteiger partial charge in [-0.3, -0.25) is 19.3 Å². The summed E-state index contributed by atoms with van der Waals surface area (Å²) in [5.41, 5.74) is 35.6. The Hall–Kier alpha value is -9.12. The number of hydrogen-bond donors (Lipinski definition) is 0. The van der Waals surface area contributed by atoms with E-state index in [1.165, 1.54) is 199 Å². The molecule has 18 aliphatic carbocycles. The summed E-state index contributed by atoms with van der Waals surface area (Å²) in [6.07, 6.45) is 35.1. The van der Waals surface area contributed by atoms with Crippen molar-refractivity contribution in [1.82, 2.24) is 14.7 Å². The summed E-state index contributed by atoms with van der Waals surface area (Å²) in [4.78, 5) is 63.2. The fourth-order valence-electron chi connectivity index (χ4n) is 30.7. The van der Waals surface area contributed by atoms with Crippen LogP contribution in [0.3, 0.4) is 0 Å². The number of carbonyl (C=O) groups excluding carboxylic acids is 4. The monoisotopic (exact) mass is 1760 g/mol. The maximum absolute atomic E-state index is 14.9. The van der Waals surface area contributed by atoms with Crippen LogP contribution in [0.15, 0.2) is 168 Å². The van der Waals surface area contributed by atoms with Gasteiger partial charge < -0.3 is 33.2 Å². The molecule has 8 aromatic rings. The molecular weight excluding hydrogens is 1650 g/mol. The van der Waals surface area contributed by atoms with E-state index >= 15 is 0 Å². The Kier molecular flexibility index (Phi) is 16.3. The number of hydrogen-bond acceptors (Lipinski definition) is 11. The molecule has 12 nitrogen and oxygen atoms in total. The van der Waals surface area contributed by atoms with Crippen molar-refractivity contribution < 1.29 is 42.6 Å². The highest BCUT2D eigenvalue weighted by molar-refractivity contribution is 9.09. The van der Waals surface area contributed by atoms with Crippen LogP contribution in [0.4, 0.5) is 0 Å². The molecule has 0 aliphatic heterocycles. The van der Waals surface area contributed by atoms with Crippen LogP contribution in [0.5, 0.6) is 0 Å². The molecule has 26 rings (SSSR count). The summed E-state index contributed by atoms with van der Waals surface area (Å²) < 4.78 is 28.4. The van der Waals surface area contributed by atoms with Crippen molar-refractivity contribution >= 4 is 133 Å². The third kappa shape index (κ3) is 8.99. The summed E-state index contributed by atoms with van der Waals surface area (Å²) in [5, 5.41) is 10.8. The number of allylic oxidation sites excluding steroid dienone is 10. The van der Waals surface area contributed by atoms with E-state index in [9.17, 15) is 19.2 Å². The lowest BCUT2D eigenvalue weighted by molar-refractivity contribution is -0.883. The first-order chi connectivity index (χ1) is 59.7. The zero-order valence-corrected chi connectivity index (χ0v) is 74.9. The summed E-state index contributed by atoms with van der Waals surface area (Å²) in [5.74, 6) is -0.985. The van der Waals surface area contributed by atoms with E-state index in [1.54, 1.807) is 0 Å². The number of carbonyl (C=O) groups is 4. The van der Waals surface area contributed by atoms with Crippen molar-refractivity contribution in [3.05, 3.63) is 268 Å². The highest BCUT2D eigenvalue weighted by Crippen LogP contribution is 2.88. The van der Waals surface area contributed by atoms with Gasteiger partial charge in [0.05, 0.1) is 59.7 Å². The number of nitrogens with zero attached hydrogens (tertiary/aromatic N) is 4. The number of likely N-dealkylation sites (N-methyl/N-ethyl adjacent to an activating group) is 2. The minimum atomic E-state index is -0.616. The number of benzene rings is 8. The lowest BCUT2D eigenvalue weighted by Gasteiger charge is -2.57. The van der Waals surface area contributed by atoms with Crippen LogP contribution < -0.4 is 0 Å². The molecule has 0 heterocycles. The zero-order chi connectivity index (χ0) is 83.6. The van der Waals surface area contributed by atoms with Crippen molar-refractivity contribution in [2.75, 3.05) is 99.3 Å². The molecule has 6 spiro atoms. The van der Waals surface area contributed by atoms with Crippen LogP contribution in [0.2, 0.25) is 0 Å². The average molecular weight is 1760 g/mol. The van der Waals surface area contributed by atoms with Gasteiger partial charge in [0.15, 0.2) is 6.54 Å². The number of halogens is 2. The number of quaternary nitrogens is 1. The average Bonchev–Trinajstić information content (AvgIpc) is 1.42. The lowest BCUT2D eigenvalue weighted by atomic mass is 9.43. The van der Waals surface area contributed by atoms with Crippen LogP contribution in [-0.2, 0) is 96.3 Å². The van der Waals surface area contributed by atoms with Crippen molar-refractivity contribution in [2.45, 2.75) is 184 Å². The highest BCUT2D eigenvalue weighted by Gasteiger charge is 2.82. The van der Waals surface area contributed by atoms with Gasteiger partial charge in [0.25, 0.3) is 0 Å². The fraction of sp³-hybridized carbons (Fsp3) is 0.413.